The Balaban J connectivity index is 0.000000178. The first-order valence-electron chi connectivity index (χ1n) is 18.7. The number of carbonyl (C=O) groups is 4. The number of halogens is 3. The van der Waals surface area contributed by atoms with Crippen LogP contribution >= 0.6 is 15.9 Å². The summed E-state index contributed by atoms with van der Waals surface area (Å²) < 4.78 is 40.1. The molecule has 0 aliphatic carbocycles. The quantitative estimate of drug-likeness (QED) is 0.147. The molecule has 63 heavy (non-hydrogen) atoms. The van der Waals surface area contributed by atoms with Crippen LogP contribution in [0.5, 0.6) is 11.5 Å². The van der Waals surface area contributed by atoms with Crippen LogP contribution in [0.3, 0.4) is 0 Å². The van der Waals surface area contributed by atoms with Gasteiger partial charge >= 0.3 is 0 Å². The molecule has 0 saturated heterocycles. The lowest BCUT2D eigenvalue weighted by Crippen LogP contribution is -2.49. The number of nitriles is 1. The summed E-state index contributed by atoms with van der Waals surface area (Å²) in [4.78, 5) is 63.9. The lowest BCUT2D eigenvalue weighted by Gasteiger charge is -2.19. The molecular weight excluding hydrogens is 886 g/mol. The van der Waals surface area contributed by atoms with Crippen LogP contribution in [0.4, 0.5) is 26.1 Å². The molecule has 0 radical (unpaired) electrons. The van der Waals surface area contributed by atoms with Crippen molar-refractivity contribution < 1.29 is 37.4 Å². The van der Waals surface area contributed by atoms with E-state index in [4.69, 9.17) is 21.3 Å². The Bertz CT molecular complexity index is 2730. The number of fused-ring (bicyclic) bond motifs is 2. The molecule has 320 valence electrons. The highest BCUT2D eigenvalue weighted by Gasteiger charge is 2.34. The third-order valence-corrected chi connectivity index (χ3v) is 9.90. The summed E-state index contributed by atoms with van der Waals surface area (Å²) in [6.07, 6.45) is 5.02. The summed E-state index contributed by atoms with van der Waals surface area (Å²) in [6, 6.07) is 21.2. The molecule has 8 rings (SSSR count). The van der Waals surface area contributed by atoms with Gasteiger partial charge in [-0.1, -0.05) is 58.4 Å². The van der Waals surface area contributed by atoms with E-state index in [0.29, 0.717) is 34.4 Å². The van der Waals surface area contributed by atoms with Gasteiger partial charge in [0.2, 0.25) is 0 Å². The number of pyridine rings is 2. The number of hydrogen-bond acceptors (Lipinski definition) is 11. The van der Waals surface area contributed by atoms with Crippen molar-refractivity contribution in [1.29, 1.82) is 5.26 Å². The average Bonchev–Trinajstić information content (AvgIpc) is 3.86. The van der Waals surface area contributed by atoms with Gasteiger partial charge in [-0.2, -0.15) is 15.5 Å². The van der Waals surface area contributed by atoms with E-state index < -0.39 is 53.0 Å². The monoisotopic (exact) mass is 920 g/mol. The molecule has 0 spiro atoms. The Morgan fingerprint density at radius 1 is 0.873 bits per heavy atom. The molecule has 2 aliphatic rings. The molecular formula is C42H35BrF2N12O6. The lowest BCUT2D eigenvalue weighted by atomic mass is 10.1. The number of likely N-dealkylation sites (N-methyl/N-ethyl adjacent to an activating group) is 2. The fraction of sp³-hybridized carbons (Fsp3) is 0.190. The summed E-state index contributed by atoms with van der Waals surface area (Å²) >= 11 is 3.30. The van der Waals surface area contributed by atoms with E-state index in [1.807, 2.05) is 24.3 Å². The number of anilines is 2. The van der Waals surface area contributed by atoms with Crippen LogP contribution in [0.25, 0.3) is 4.85 Å². The first kappa shape index (κ1) is 44.5. The number of rotatable bonds is 7. The smallest absolute Gasteiger partial charge is 0.275 e. The van der Waals surface area contributed by atoms with Gasteiger partial charge in [-0.25, -0.2) is 23.6 Å². The maximum atomic E-state index is 14.4. The van der Waals surface area contributed by atoms with Crippen molar-refractivity contribution in [3.05, 3.63) is 149 Å². The van der Waals surface area contributed by atoms with Gasteiger partial charge in [0.05, 0.1) is 37.1 Å². The number of carbonyl (C=O) groups excluding carboxylic acids is 4. The number of aromatic nitrogens is 6. The Kier molecular flexibility index (Phi) is 14.5. The van der Waals surface area contributed by atoms with Crippen molar-refractivity contribution in [2.45, 2.75) is 24.0 Å². The zero-order valence-electron chi connectivity index (χ0n) is 33.3. The number of nitrogens with one attached hydrogen (secondary N) is 3. The predicted molar refractivity (Wildman–Crippen MR) is 225 cm³/mol. The maximum Gasteiger partial charge on any atom is 0.275 e. The summed E-state index contributed by atoms with van der Waals surface area (Å²) in [6.45, 7) is 7.13. The normalized spacial score (nSPS) is 15.1. The van der Waals surface area contributed by atoms with Crippen molar-refractivity contribution in [1.82, 2.24) is 40.6 Å². The lowest BCUT2D eigenvalue weighted by molar-refractivity contribution is -0.121. The fourth-order valence-corrected chi connectivity index (χ4v) is 6.55. The number of H-pyrrole nitrogens is 1. The summed E-state index contributed by atoms with van der Waals surface area (Å²) in [5.74, 6) is -2.58. The van der Waals surface area contributed by atoms with Gasteiger partial charge in [-0.15, -0.1) is 0 Å². The molecule has 3 N–H and O–H groups in total. The van der Waals surface area contributed by atoms with Gasteiger partial charge in [-0.3, -0.25) is 38.8 Å². The SMILES string of the molecule is CN1C(=O)[C@@H](NC(=O)c2[nH]ncc2F)COc2cccnc21.N#Cc1ccccc1CBr.[C-]#[N+]c1ccccc1Cn1cc(F)c(C(=O)N[C@H]2COc3cccnc3N(C)C2=O)n1. The number of ether oxygens (including phenoxy) is 2. The molecule has 4 amide bonds. The number of nitrogens with zero attached hydrogens (tertiary/aromatic N) is 9. The van der Waals surface area contributed by atoms with Crippen LogP contribution in [0.2, 0.25) is 0 Å². The van der Waals surface area contributed by atoms with Crippen LogP contribution in [0.15, 0.2) is 97.6 Å². The van der Waals surface area contributed by atoms with Crippen LogP contribution in [-0.2, 0) is 21.5 Å². The Morgan fingerprint density at radius 3 is 1.98 bits per heavy atom. The van der Waals surface area contributed by atoms with Crippen molar-refractivity contribution in [2.24, 2.45) is 0 Å². The van der Waals surface area contributed by atoms with Crippen molar-refractivity contribution in [3.63, 3.8) is 0 Å². The first-order chi connectivity index (χ1) is 30.4. The van der Waals surface area contributed by atoms with Gasteiger partial charge in [0.15, 0.2) is 51.8 Å². The third kappa shape index (κ3) is 10.5. The van der Waals surface area contributed by atoms with E-state index in [1.54, 1.807) is 48.5 Å². The Hall–Kier alpha value is -8.04. The van der Waals surface area contributed by atoms with Crippen molar-refractivity contribution in [2.75, 3.05) is 37.1 Å². The average molecular weight is 922 g/mol. The molecule has 0 unspecified atom stereocenters. The number of aromatic amines is 1. The van der Waals surface area contributed by atoms with Gasteiger partial charge in [0.25, 0.3) is 23.6 Å². The summed E-state index contributed by atoms with van der Waals surface area (Å²) in [5.41, 5.74) is 2.07. The molecule has 21 heteroatoms. The van der Waals surface area contributed by atoms with Crippen molar-refractivity contribution in [3.8, 4) is 17.6 Å². The minimum atomic E-state index is -1.04. The van der Waals surface area contributed by atoms with Crippen LogP contribution in [-0.4, -0.2) is 93.0 Å². The molecule has 2 aliphatic heterocycles. The standard InChI is InChI=1S/C21H17FN6O3.C13H12FN5O3.C8H6BrN/c1-23-15-7-4-3-6-13(15)10-28-11-14(22)18(26-28)20(29)25-16-12-31-17-8-5-9-24-19(17)27(2)21(16)30;1-19-11-9(3-2-4-15-11)22-6-8(13(19)21)17-12(20)10-7(14)5-16-18-10;9-5-7-3-1-2-4-8(7)6-10/h3-9,11,16H,10,12H2,2H3,(H,25,29);2-5,8H,6H2,1H3,(H,16,18)(H,17,20);1-4H,5H2/t16-;8-;/m00./s1. The van der Waals surface area contributed by atoms with E-state index in [9.17, 15) is 28.0 Å². The maximum absolute atomic E-state index is 14.4. The number of hydrogen-bond donors (Lipinski definition) is 3. The van der Waals surface area contributed by atoms with E-state index >= 15 is 0 Å². The van der Waals surface area contributed by atoms with Gasteiger partial charge in [-0.05, 0) is 41.5 Å². The number of benzene rings is 2. The van der Waals surface area contributed by atoms with Crippen LogP contribution in [0, 0.1) is 29.5 Å². The van der Waals surface area contributed by atoms with E-state index in [2.05, 4.69) is 62.7 Å². The molecule has 0 saturated carbocycles. The summed E-state index contributed by atoms with van der Waals surface area (Å²) in [7, 11) is 3.05. The zero-order valence-corrected chi connectivity index (χ0v) is 34.9. The summed E-state index contributed by atoms with van der Waals surface area (Å²) in [5, 5.41) is 23.9. The highest BCUT2D eigenvalue weighted by atomic mass is 79.9. The number of amides is 4. The number of para-hydroxylation sites is 1. The van der Waals surface area contributed by atoms with E-state index in [1.165, 1.54) is 41.0 Å². The molecule has 6 heterocycles. The van der Waals surface area contributed by atoms with Crippen LogP contribution < -0.4 is 29.9 Å². The third-order valence-electron chi connectivity index (χ3n) is 9.29. The zero-order chi connectivity index (χ0) is 45.0. The van der Waals surface area contributed by atoms with Crippen LogP contribution in [0.1, 0.15) is 37.7 Å². The first-order valence-corrected chi connectivity index (χ1v) is 19.8. The second kappa shape index (κ2) is 20.5. The topological polar surface area (TPSA) is 218 Å². The molecule has 2 aromatic carbocycles. The Labute approximate surface area is 366 Å². The van der Waals surface area contributed by atoms with Gasteiger partial charge in [0, 0.05) is 31.8 Å². The highest BCUT2D eigenvalue weighted by Crippen LogP contribution is 2.29. The van der Waals surface area contributed by atoms with Gasteiger partial charge in [0.1, 0.15) is 25.3 Å². The molecule has 4 aromatic heterocycles. The predicted octanol–water partition coefficient (Wildman–Crippen LogP) is 4.72. The van der Waals surface area contributed by atoms with Gasteiger partial charge < -0.3 is 20.1 Å². The Morgan fingerprint density at radius 2 is 1.44 bits per heavy atom. The van der Waals surface area contributed by atoms with E-state index in [0.717, 1.165) is 28.9 Å². The fourth-order valence-electron chi connectivity index (χ4n) is 6.06. The minimum Gasteiger partial charge on any atom is -0.487 e. The molecule has 0 fully saturated rings. The second-order valence-corrected chi connectivity index (χ2v) is 13.9. The molecule has 6 aromatic rings. The van der Waals surface area contributed by atoms with E-state index in [-0.39, 0.29) is 25.5 Å². The second-order valence-electron chi connectivity index (χ2n) is 13.4. The number of alkyl halides is 1. The largest absolute Gasteiger partial charge is 0.487 e. The van der Waals surface area contributed by atoms with Crippen molar-refractivity contribution >= 4 is 56.9 Å². The molecule has 0 bridgehead atoms. The molecule has 2 atom stereocenters. The highest BCUT2D eigenvalue weighted by molar-refractivity contribution is 9.08. The molecule has 18 nitrogen and oxygen atoms in total. The minimum absolute atomic E-state index is 0.0800.